The number of fused-ring (bicyclic) bond motifs is 4. The van der Waals surface area contributed by atoms with Gasteiger partial charge in [-0.25, -0.2) is 14.4 Å². The van der Waals surface area contributed by atoms with Crippen LogP contribution < -0.4 is 15.2 Å². The number of rotatable bonds is 3. The zero-order valence-corrected chi connectivity index (χ0v) is 18.6. The molecule has 34 heavy (non-hydrogen) atoms. The van der Waals surface area contributed by atoms with Crippen molar-refractivity contribution in [2.45, 2.75) is 12.0 Å². The Morgan fingerprint density at radius 1 is 1.12 bits per heavy atom. The molecule has 3 aliphatic heterocycles. The van der Waals surface area contributed by atoms with E-state index in [2.05, 4.69) is 9.98 Å². The fraction of sp³-hybridized carbons (Fsp3) is 0.200. The lowest BCUT2D eigenvalue weighted by Gasteiger charge is -2.34. The van der Waals surface area contributed by atoms with Crippen molar-refractivity contribution in [1.82, 2.24) is 4.98 Å². The van der Waals surface area contributed by atoms with E-state index in [1.54, 1.807) is 36.4 Å². The van der Waals surface area contributed by atoms with Gasteiger partial charge >= 0.3 is 0 Å². The molecule has 1 atom stereocenters. The number of pyridine rings is 1. The maximum atomic E-state index is 15.4. The lowest BCUT2D eigenvalue weighted by molar-refractivity contribution is 0.161. The molecule has 172 valence electrons. The first-order chi connectivity index (χ1) is 16.5. The Balaban J connectivity index is 1.49. The molecule has 6 rings (SSSR count). The van der Waals surface area contributed by atoms with E-state index in [-0.39, 0.29) is 18.4 Å². The number of amidine groups is 1. The van der Waals surface area contributed by atoms with Crippen molar-refractivity contribution in [2.75, 3.05) is 19.8 Å². The van der Waals surface area contributed by atoms with Crippen LogP contribution in [0.1, 0.15) is 23.1 Å². The highest BCUT2D eigenvalue weighted by atomic mass is 35.5. The predicted octanol–water partition coefficient (Wildman–Crippen LogP) is 5.16. The van der Waals surface area contributed by atoms with E-state index in [0.717, 1.165) is 11.1 Å². The molecule has 9 heteroatoms. The Bertz CT molecular complexity index is 1380. The van der Waals surface area contributed by atoms with E-state index in [4.69, 9.17) is 36.3 Å². The lowest BCUT2D eigenvalue weighted by atomic mass is 9.80. The minimum atomic E-state index is -1.09. The van der Waals surface area contributed by atoms with Gasteiger partial charge in [0.1, 0.15) is 23.3 Å². The highest BCUT2D eigenvalue weighted by molar-refractivity contribution is 6.29. The summed E-state index contributed by atoms with van der Waals surface area (Å²) < 4.78 is 38.3. The number of halogens is 2. The number of ether oxygens (including phenoxy) is 4. The van der Waals surface area contributed by atoms with Crippen LogP contribution in [0.25, 0.3) is 5.57 Å². The molecule has 1 spiro atoms. The first-order valence-electron chi connectivity index (χ1n) is 10.7. The second kappa shape index (κ2) is 8.00. The number of benzene rings is 2. The van der Waals surface area contributed by atoms with Crippen molar-refractivity contribution in [3.05, 3.63) is 82.3 Å². The Kier molecular flexibility index (Phi) is 4.93. The number of nitrogens with two attached hydrogens (primary N) is 1. The molecule has 4 heterocycles. The standard InChI is InChI=1S/C25H19ClFN3O4/c26-21-2-1-3-22(29-21)33-16-4-5-20-17(12-16)25(13-32-24(28)30-25)18-10-15(11-19(27)23(18)34-20)14-6-8-31-9-7-14/h1-6,10-12H,7-9,13H2,(H2,28,30)/t25-/m0/s1. The van der Waals surface area contributed by atoms with Gasteiger partial charge in [0.05, 0.1) is 13.2 Å². The third kappa shape index (κ3) is 3.46. The van der Waals surface area contributed by atoms with Gasteiger partial charge in [0.25, 0.3) is 6.02 Å². The summed E-state index contributed by atoms with van der Waals surface area (Å²) in [6, 6.07) is 13.7. The summed E-state index contributed by atoms with van der Waals surface area (Å²) in [5, 5.41) is 0.316. The normalized spacial score (nSPS) is 20.5. The first kappa shape index (κ1) is 20.9. The fourth-order valence-corrected chi connectivity index (χ4v) is 4.65. The van der Waals surface area contributed by atoms with Gasteiger partial charge in [-0.1, -0.05) is 23.7 Å². The summed E-state index contributed by atoms with van der Waals surface area (Å²) in [6.07, 6.45) is 2.65. The molecule has 0 radical (unpaired) electrons. The van der Waals surface area contributed by atoms with Gasteiger partial charge in [-0.2, -0.15) is 0 Å². The van der Waals surface area contributed by atoms with E-state index >= 15 is 4.39 Å². The lowest BCUT2D eigenvalue weighted by Crippen LogP contribution is -2.31. The maximum absolute atomic E-state index is 15.4. The average molecular weight is 480 g/mol. The summed E-state index contributed by atoms with van der Waals surface area (Å²) in [4.78, 5) is 8.81. The maximum Gasteiger partial charge on any atom is 0.283 e. The SMILES string of the molecule is NC1=N[C@@]2(CO1)c1cc(Oc3cccc(Cl)n3)ccc1Oc1c(F)cc(C3=CCOCC3)cc12. The molecule has 2 N–H and O–H groups in total. The van der Waals surface area contributed by atoms with Gasteiger partial charge in [-0.15, -0.1) is 0 Å². The molecule has 3 aromatic rings. The van der Waals surface area contributed by atoms with Crippen LogP contribution in [0.2, 0.25) is 5.15 Å². The molecule has 0 aliphatic carbocycles. The molecule has 0 amide bonds. The van der Waals surface area contributed by atoms with E-state index < -0.39 is 11.4 Å². The molecule has 2 aromatic carbocycles. The molecular formula is C25H19ClFN3O4. The molecule has 0 bridgehead atoms. The van der Waals surface area contributed by atoms with E-state index in [9.17, 15) is 0 Å². The minimum Gasteiger partial charge on any atom is -0.462 e. The molecule has 0 saturated carbocycles. The van der Waals surface area contributed by atoms with Crippen LogP contribution >= 0.6 is 11.6 Å². The highest BCUT2D eigenvalue weighted by Crippen LogP contribution is 2.53. The number of aliphatic imine (C=N–C) groups is 1. The van der Waals surface area contributed by atoms with Gasteiger partial charge in [-0.05, 0) is 54.0 Å². The van der Waals surface area contributed by atoms with Gasteiger partial charge in [0, 0.05) is 17.2 Å². The predicted molar refractivity (Wildman–Crippen MR) is 124 cm³/mol. The van der Waals surface area contributed by atoms with Gasteiger partial charge in [-0.3, -0.25) is 0 Å². The largest absolute Gasteiger partial charge is 0.462 e. The van der Waals surface area contributed by atoms with Crippen molar-refractivity contribution >= 4 is 23.2 Å². The fourth-order valence-electron chi connectivity index (χ4n) is 4.49. The number of aromatic nitrogens is 1. The van der Waals surface area contributed by atoms with E-state index in [1.807, 2.05) is 12.1 Å². The van der Waals surface area contributed by atoms with Crippen LogP contribution in [0.4, 0.5) is 4.39 Å². The van der Waals surface area contributed by atoms with Gasteiger partial charge < -0.3 is 24.7 Å². The van der Waals surface area contributed by atoms with E-state index in [0.29, 0.717) is 53.3 Å². The quantitative estimate of drug-likeness (QED) is 0.522. The van der Waals surface area contributed by atoms with Crippen LogP contribution in [0.3, 0.4) is 0 Å². The number of nitrogens with zero attached hydrogens (tertiary/aromatic N) is 2. The van der Waals surface area contributed by atoms with Crippen LogP contribution in [0.15, 0.2) is 59.6 Å². The van der Waals surface area contributed by atoms with Gasteiger partial charge in [0.15, 0.2) is 17.1 Å². The summed E-state index contributed by atoms with van der Waals surface area (Å²) in [6.45, 7) is 1.18. The highest BCUT2D eigenvalue weighted by Gasteiger charge is 2.48. The Labute approximate surface area is 199 Å². The van der Waals surface area contributed by atoms with Crippen molar-refractivity contribution in [1.29, 1.82) is 0 Å². The average Bonchev–Trinajstić information content (AvgIpc) is 3.23. The summed E-state index contributed by atoms with van der Waals surface area (Å²) >= 11 is 5.98. The van der Waals surface area contributed by atoms with Crippen molar-refractivity contribution in [2.24, 2.45) is 10.7 Å². The molecule has 7 nitrogen and oxygen atoms in total. The second-order valence-electron chi connectivity index (χ2n) is 8.15. The molecular weight excluding hydrogens is 461 g/mol. The third-order valence-corrected chi connectivity index (χ3v) is 6.28. The van der Waals surface area contributed by atoms with Crippen molar-refractivity contribution < 1.29 is 23.3 Å². The zero-order chi connectivity index (χ0) is 23.3. The van der Waals surface area contributed by atoms with Crippen LogP contribution in [-0.2, 0) is 15.0 Å². The molecule has 3 aliphatic rings. The summed E-state index contributed by atoms with van der Waals surface area (Å²) in [5.41, 5.74) is 7.83. The molecule has 0 fully saturated rings. The number of hydrogen-bond acceptors (Lipinski definition) is 7. The minimum absolute atomic E-state index is 0.0257. The smallest absolute Gasteiger partial charge is 0.283 e. The van der Waals surface area contributed by atoms with Crippen molar-refractivity contribution in [3.63, 3.8) is 0 Å². The third-order valence-electron chi connectivity index (χ3n) is 6.07. The Morgan fingerprint density at radius 3 is 2.79 bits per heavy atom. The molecule has 1 aromatic heterocycles. The summed E-state index contributed by atoms with van der Waals surface area (Å²) in [7, 11) is 0. The number of hydrogen-bond donors (Lipinski definition) is 1. The second-order valence-corrected chi connectivity index (χ2v) is 8.54. The first-order valence-corrected chi connectivity index (χ1v) is 11.1. The molecule has 0 unspecified atom stereocenters. The van der Waals surface area contributed by atoms with Crippen LogP contribution in [0, 0.1) is 5.82 Å². The zero-order valence-electron chi connectivity index (χ0n) is 17.9. The Hall–Kier alpha value is -3.62. The molecule has 0 saturated heterocycles. The summed E-state index contributed by atoms with van der Waals surface area (Å²) in [5.74, 6) is 0.900. The van der Waals surface area contributed by atoms with Gasteiger partial charge in [0.2, 0.25) is 5.88 Å². The topological polar surface area (TPSA) is 88.2 Å². The Morgan fingerprint density at radius 2 is 2.03 bits per heavy atom. The van der Waals surface area contributed by atoms with Crippen LogP contribution in [-0.4, -0.2) is 30.8 Å². The van der Waals surface area contributed by atoms with E-state index in [1.165, 1.54) is 6.07 Å². The van der Waals surface area contributed by atoms with Crippen molar-refractivity contribution in [3.8, 4) is 23.1 Å². The monoisotopic (exact) mass is 479 g/mol. The van der Waals surface area contributed by atoms with Crippen LogP contribution in [0.5, 0.6) is 23.1 Å².